The fraction of sp³-hybridized carbons (Fsp3) is 0.0476. The van der Waals surface area contributed by atoms with Crippen LogP contribution in [0, 0.1) is 6.92 Å². The fourth-order valence-corrected chi connectivity index (χ4v) is 3.35. The molecule has 0 saturated carbocycles. The largest absolute Gasteiger partial charge is 0.338 e. The second-order valence-electron chi connectivity index (χ2n) is 6.18. The molecule has 0 aliphatic carbocycles. The Morgan fingerprint density at radius 2 is 1.68 bits per heavy atom. The quantitative estimate of drug-likeness (QED) is 0.473. The van der Waals surface area contributed by atoms with Crippen LogP contribution >= 0.6 is 0 Å². The van der Waals surface area contributed by atoms with Gasteiger partial charge >= 0.3 is 0 Å². The first-order chi connectivity index (χ1) is 12.3. The number of fused-ring (bicyclic) bond motifs is 5. The third-order valence-corrected chi connectivity index (χ3v) is 4.59. The third-order valence-electron chi connectivity index (χ3n) is 4.59. The van der Waals surface area contributed by atoms with Gasteiger partial charge in [0.1, 0.15) is 5.82 Å². The lowest BCUT2D eigenvalue weighted by molar-refractivity contribution is 1.06. The van der Waals surface area contributed by atoms with E-state index in [1.54, 1.807) is 6.20 Å². The monoisotopic (exact) mass is 324 g/mol. The SMILES string of the molecule is Cc1ccccc1-c1cn2c(n1)-c1ccccc1Nc1ncccc1-2. The summed E-state index contributed by atoms with van der Waals surface area (Å²) in [6.45, 7) is 2.12. The molecule has 3 heterocycles. The van der Waals surface area contributed by atoms with Gasteiger partial charge in [0, 0.05) is 23.5 Å². The number of imidazole rings is 1. The van der Waals surface area contributed by atoms with Gasteiger partial charge in [0.15, 0.2) is 5.82 Å². The van der Waals surface area contributed by atoms with Crippen molar-refractivity contribution in [3.63, 3.8) is 0 Å². The number of benzene rings is 2. The van der Waals surface area contributed by atoms with E-state index in [0.29, 0.717) is 0 Å². The predicted molar refractivity (Wildman–Crippen MR) is 100 cm³/mol. The summed E-state index contributed by atoms with van der Waals surface area (Å²) in [6.07, 6.45) is 3.90. The molecule has 4 nitrogen and oxygen atoms in total. The zero-order chi connectivity index (χ0) is 16.8. The zero-order valence-corrected chi connectivity index (χ0v) is 13.8. The number of pyridine rings is 1. The normalized spacial score (nSPS) is 11.7. The lowest BCUT2D eigenvalue weighted by Crippen LogP contribution is -1.98. The molecule has 0 unspecified atom stereocenters. The highest BCUT2D eigenvalue weighted by atomic mass is 15.1. The van der Waals surface area contributed by atoms with Gasteiger partial charge in [-0.15, -0.1) is 0 Å². The van der Waals surface area contributed by atoms with Crippen molar-refractivity contribution in [3.05, 3.63) is 78.6 Å². The maximum Gasteiger partial charge on any atom is 0.154 e. The van der Waals surface area contributed by atoms with Gasteiger partial charge in [-0.05, 0) is 36.8 Å². The van der Waals surface area contributed by atoms with Gasteiger partial charge in [-0.25, -0.2) is 9.97 Å². The molecule has 5 rings (SSSR count). The molecule has 0 atom stereocenters. The minimum atomic E-state index is 0.836. The fourth-order valence-electron chi connectivity index (χ4n) is 3.35. The number of hydrogen-bond donors (Lipinski definition) is 1. The van der Waals surface area contributed by atoms with E-state index in [2.05, 4.69) is 70.5 Å². The standard InChI is InChI=1S/C21H16N4/c1-14-7-2-3-8-15(14)18-13-25-19-11-6-12-22-20(19)23-17-10-5-4-9-16(17)21(25)24-18/h2-13H,1H3,(H,22,23). The lowest BCUT2D eigenvalue weighted by atomic mass is 10.1. The molecule has 120 valence electrons. The maximum atomic E-state index is 4.98. The Balaban J connectivity index is 1.82. The average Bonchev–Trinajstić information content (AvgIpc) is 3.03. The molecule has 0 fully saturated rings. The van der Waals surface area contributed by atoms with Gasteiger partial charge in [-0.2, -0.15) is 0 Å². The Morgan fingerprint density at radius 3 is 2.56 bits per heavy atom. The summed E-state index contributed by atoms with van der Waals surface area (Å²) >= 11 is 0. The van der Waals surface area contributed by atoms with E-state index in [0.717, 1.165) is 39.8 Å². The maximum absolute atomic E-state index is 4.98. The van der Waals surface area contributed by atoms with E-state index < -0.39 is 0 Å². The summed E-state index contributed by atoms with van der Waals surface area (Å²) in [5.74, 6) is 1.76. The molecule has 2 aromatic heterocycles. The van der Waals surface area contributed by atoms with Crippen molar-refractivity contribution in [3.8, 4) is 28.3 Å². The summed E-state index contributed by atoms with van der Waals surface area (Å²) < 4.78 is 2.13. The lowest BCUT2D eigenvalue weighted by Gasteiger charge is -2.08. The Labute approximate surface area is 145 Å². The van der Waals surface area contributed by atoms with Crippen molar-refractivity contribution in [1.29, 1.82) is 0 Å². The van der Waals surface area contributed by atoms with E-state index in [1.165, 1.54) is 5.56 Å². The number of para-hydroxylation sites is 1. The predicted octanol–water partition coefficient (Wildman–Crippen LogP) is 4.97. The molecule has 0 radical (unpaired) electrons. The molecule has 0 bridgehead atoms. The van der Waals surface area contributed by atoms with Gasteiger partial charge in [0.2, 0.25) is 0 Å². The average molecular weight is 324 g/mol. The topological polar surface area (TPSA) is 42.7 Å². The smallest absolute Gasteiger partial charge is 0.154 e. The summed E-state index contributed by atoms with van der Waals surface area (Å²) in [6, 6.07) is 20.6. The van der Waals surface area contributed by atoms with Crippen molar-refractivity contribution in [2.45, 2.75) is 6.92 Å². The third kappa shape index (κ3) is 2.15. The summed E-state index contributed by atoms with van der Waals surface area (Å²) in [7, 11) is 0. The van der Waals surface area contributed by atoms with E-state index in [9.17, 15) is 0 Å². The highest BCUT2D eigenvalue weighted by Gasteiger charge is 2.22. The number of anilines is 2. The molecule has 1 aliphatic rings. The second kappa shape index (κ2) is 5.31. The number of hydrogen-bond acceptors (Lipinski definition) is 3. The van der Waals surface area contributed by atoms with Crippen LogP contribution in [0.25, 0.3) is 28.3 Å². The van der Waals surface area contributed by atoms with Crippen LogP contribution in [0.4, 0.5) is 11.5 Å². The van der Waals surface area contributed by atoms with E-state index >= 15 is 0 Å². The highest BCUT2D eigenvalue weighted by Crippen LogP contribution is 2.38. The summed E-state index contributed by atoms with van der Waals surface area (Å²) in [4.78, 5) is 9.49. The molecule has 1 N–H and O–H groups in total. The van der Waals surface area contributed by atoms with Crippen molar-refractivity contribution < 1.29 is 0 Å². The molecule has 1 aliphatic heterocycles. The Morgan fingerprint density at radius 1 is 0.880 bits per heavy atom. The van der Waals surface area contributed by atoms with Crippen LogP contribution < -0.4 is 5.32 Å². The summed E-state index contributed by atoms with van der Waals surface area (Å²) in [5.41, 5.74) is 6.43. The molecule has 4 aromatic rings. The molecule has 2 aromatic carbocycles. The molecule has 0 saturated heterocycles. The van der Waals surface area contributed by atoms with E-state index in [1.807, 2.05) is 18.2 Å². The Bertz CT molecular complexity index is 1030. The van der Waals surface area contributed by atoms with Crippen LogP contribution in [0.3, 0.4) is 0 Å². The van der Waals surface area contributed by atoms with Crippen LogP contribution in [-0.4, -0.2) is 14.5 Å². The van der Waals surface area contributed by atoms with Crippen molar-refractivity contribution in [1.82, 2.24) is 14.5 Å². The van der Waals surface area contributed by atoms with Crippen LogP contribution in [-0.2, 0) is 0 Å². The van der Waals surface area contributed by atoms with Gasteiger partial charge < -0.3 is 5.32 Å². The Kier molecular flexibility index (Phi) is 2.97. The van der Waals surface area contributed by atoms with E-state index in [4.69, 9.17) is 4.98 Å². The number of aromatic nitrogens is 3. The van der Waals surface area contributed by atoms with Crippen LogP contribution in [0.2, 0.25) is 0 Å². The number of aryl methyl sites for hydroxylation is 1. The van der Waals surface area contributed by atoms with Gasteiger partial charge in [-0.3, -0.25) is 4.57 Å². The van der Waals surface area contributed by atoms with Crippen molar-refractivity contribution in [2.24, 2.45) is 0 Å². The van der Waals surface area contributed by atoms with Gasteiger partial charge in [-0.1, -0.05) is 36.4 Å². The molecule has 0 amide bonds. The number of rotatable bonds is 1. The van der Waals surface area contributed by atoms with Crippen molar-refractivity contribution >= 4 is 11.5 Å². The first-order valence-electron chi connectivity index (χ1n) is 8.28. The highest BCUT2D eigenvalue weighted by molar-refractivity contribution is 5.84. The first-order valence-corrected chi connectivity index (χ1v) is 8.28. The van der Waals surface area contributed by atoms with Crippen LogP contribution in [0.1, 0.15) is 5.56 Å². The molecule has 25 heavy (non-hydrogen) atoms. The van der Waals surface area contributed by atoms with E-state index in [-0.39, 0.29) is 0 Å². The molecular formula is C21H16N4. The second-order valence-corrected chi connectivity index (χ2v) is 6.18. The Hall–Kier alpha value is -3.40. The molecule has 4 heteroatoms. The zero-order valence-electron chi connectivity index (χ0n) is 13.8. The van der Waals surface area contributed by atoms with Crippen LogP contribution in [0.15, 0.2) is 73.1 Å². The molecule has 0 spiro atoms. The van der Waals surface area contributed by atoms with Gasteiger partial charge in [0.05, 0.1) is 17.1 Å². The number of nitrogens with zero attached hydrogens (tertiary/aromatic N) is 3. The first kappa shape index (κ1) is 14.0. The summed E-state index contributed by atoms with van der Waals surface area (Å²) in [5, 5.41) is 3.43. The molecular weight excluding hydrogens is 308 g/mol. The van der Waals surface area contributed by atoms with Crippen LogP contribution in [0.5, 0.6) is 0 Å². The minimum absolute atomic E-state index is 0.836. The van der Waals surface area contributed by atoms with Gasteiger partial charge in [0.25, 0.3) is 0 Å². The number of nitrogens with one attached hydrogen (secondary N) is 1. The minimum Gasteiger partial charge on any atom is -0.338 e. The van der Waals surface area contributed by atoms with Crippen molar-refractivity contribution in [2.75, 3.05) is 5.32 Å².